The number of aliphatic carboxylic acids is 1. The molecule has 7 nitrogen and oxygen atoms in total. The zero-order chi connectivity index (χ0) is 14.0. The molecule has 1 atom stereocenters. The molecule has 2 heterocycles. The number of hydrogen-bond donors (Lipinski definition) is 1. The summed E-state index contributed by atoms with van der Waals surface area (Å²) in [5, 5.41) is 12.7. The van der Waals surface area contributed by atoms with Crippen molar-refractivity contribution in [2.45, 2.75) is 38.0 Å². The molecule has 8 heteroatoms. The van der Waals surface area contributed by atoms with E-state index in [1.165, 1.54) is 6.07 Å². The van der Waals surface area contributed by atoms with Crippen molar-refractivity contribution in [1.29, 1.82) is 0 Å². The van der Waals surface area contributed by atoms with Crippen molar-refractivity contribution in [3.63, 3.8) is 0 Å². The average molecular weight is 288 g/mol. The molecule has 1 aliphatic rings. The number of carbonyl (C=O) groups is 1. The Morgan fingerprint density at radius 3 is 2.89 bits per heavy atom. The summed E-state index contributed by atoms with van der Waals surface area (Å²) in [5.41, 5.74) is 0.596. The van der Waals surface area contributed by atoms with E-state index in [4.69, 9.17) is 9.63 Å². The minimum atomic E-state index is -3.70. The van der Waals surface area contributed by atoms with Crippen LogP contribution in [-0.4, -0.2) is 41.5 Å². The normalized spacial score (nSPS) is 21.4. The molecule has 0 radical (unpaired) electrons. The molecular weight excluding hydrogens is 272 g/mol. The number of piperidine rings is 1. The predicted molar refractivity (Wildman–Crippen MR) is 65.8 cm³/mol. The standard InChI is InChI=1S/C11H16N2O5S/c1-8-6-9(18-12-8)7-19(16,17)13-5-3-2-4-10(13)11(14)15/h6,10H,2-5,7H2,1H3,(H,14,15). The third kappa shape index (κ3) is 3.13. The number of carboxylic acid groups (broad SMARTS) is 1. The van der Waals surface area contributed by atoms with Gasteiger partial charge in [0.25, 0.3) is 0 Å². The number of rotatable bonds is 4. The molecule has 19 heavy (non-hydrogen) atoms. The van der Waals surface area contributed by atoms with Crippen LogP contribution >= 0.6 is 0 Å². The summed E-state index contributed by atoms with van der Waals surface area (Å²) in [6, 6.07) is 0.569. The van der Waals surface area contributed by atoms with Gasteiger partial charge in [0.1, 0.15) is 11.8 Å². The van der Waals surface area contributed by atoms with Crippen molar-refractivity contribution in [2.24, 2.45) is 0 Å². The highest BCUT2D eigenvalue weighted by Crippen LogP contribution is 2.23. The maximum atomic E-state index is 12.3. The van der Waals surface area contributed by atoms with Crippen molar-refractivity contribution in [2.75, 3.05) is 6.54 Å². The molecule has 1 aromatic rings. The summed E-state index contributed by atoms with van der Waals surface area (Å²) in [6.07, 6.45) is 1.76. The minimum Gasteiger partial charge on any atom is -0.480 e. The van der Waals surface area contributed by atoms with Gasteiger partial charge in [-0.15, -0.1) is 0 Å². The Morgan fingerprint density at radius 1 is 1.58 bits per heavy atom. The van der Waals surface area contributed by atoms with Crippen LogP contribution in [0.3, 0.4) is 0 Å². The summed E-state index contributed by atoms with van der Waals surface area (Å²) >= 11 is 0. The first kappa shape index (κ1) is 14.0. The molecule has 0 saturated carbocycles. The first-order valence-electron chi connectivity index (χ1n) is 6.04. The maximum absolute atomic E-state index is 12.3. The zero-order valence-corrected chi connectivity index (χ0v) is 11.4. The van der Waals surface area contributed by atoms with Crippen LogP contribution < -0.4 is 0 Å². The molecule has 1 fully saturated rings. The summed E-state index contributed by atoms with van der Waals surface area (Å²) in [4.78, 5) is 11.1. The fraction of sp³-hybridized carbons (Fsp3) is 0.636. The molecule has 106 valence electrons. The Kier molecular flexibility index (Phi) is 3.91. The van der Waals surface area contributed by atoms with Gasteiger partial charge in [0.15, 0.2) is 5.76 Å². The van der Waals surface area contributed by atoms with Crippen LogP contribution in [0.15, 0.2) is 10.6 Å². The fourth-order valence-corrected chi connectivity index (χ4v) is 3.88. The van der Waals surface area contributed by atoms with E-state index >= 15 is 0 Å². The van der Waals surface area contributed by atoms with Gasteiger partial charge in [-0.3, -0.25) is 4.79 Å². The monoisotopic (exact) mass is 288 g/mol. The SMILES string of the molecule is Cc1cc(CS(=O)(=O)N2CCCCC2C(=O)O)on1. The third-order valence-electron chi connectivity index (χ3n) is 3.10. The molecule has 0 amide bonds. The molecular formula is C11H16N2O5S. The van der Waals surface area contributed by atoms with Crippen molar-refractivity contribution >= 4 is 16.0 Å². The Labute approximate surface area is 111 Å². The minimum absolute atomic E-state index is 0.229. The van der Waals surface area contributed by atoms with E-state index in [1.54, 1.807) is 6.92 Å². The molecule has 0 spiro atoms. The van der Waals surface area contributed by atoms with Crippen LogP contribution in [0.5, 0.6) is 0 Å². The largest absolute Gasteiger partial charge is 0.480 e. The summed E-state index contributed by atoms with van der Waals surface area (Å²) in [6.45, 7) is 1.94. The summed E-state index contributed by atoms with van der Waals surface area (Å²) in [7, 11) is -3.70. The van der Waals surface area contributed by atoms with E-state index in [2.05, 4.69) is 5.16 Å². The molecule has 1 aromatic heterocycles. The van der Waals surface area contributed by atoms with Gasteiger partial charge in [-0.1, -0.05) is 5.16 Å². The van der Waals surface area contributed by atoms with Crippen LogP contribution in [-0.2, 0) is 20.6 Å². The Bertz CT molecular complexity index is 565. The second kappa shape index (κ2) is 5.30. The number of carboxylic acids is 1. The molecule has 1 N–H and O–H groups in total. The van der Waals surface area contributed by atoms with Gasteiger partial charge in [0, 0.05) is 12.6 Å². The van der Waals surface area contributed by atoms with E-state index in [-0.39, 0.29) is 18.1 Å². The molecule has 2 rings (SSSR count). The second-order valence-electron chi connectivity index (χ2n) is 4.65. The Morgan fingerprint density at radius 2 is 2.32 bits per heavy atom. The predicted octanol–water partition coefficient (Wildman–Crippen LogP) is 0.752. The average Bonchev–Trinajstić information content (AvgIpc) is 2.74. The van der Waals surface area contributed by atoms with Crippen LogP contribution in [0.25, 0.3) is 0 Å². The second-order valence-corrected chi connectivity index (χ2v) is 6.57. The van der Waals surface area contributed by atoms with Crippen LogP contribution in [0.1, 0.15) is 30.7 Å². The lowest BCUT2D eigenvalue weighted by Gasteiger charge is -2.31. The zero-order valence-electron chi connectivity index (χ0n) is 10.6. The van der Waals surface area contributed by atoms with Gasteiger partial charge in [-0.25, -0.2) is 8.42 Å². The van der Waals surface area contributed by atoms with E-state index < -0.39 is 22.0 Å². The number of aromatic nitrogens is 1. The molecule has 1 saturated heterocycles. The van der Waals surface area contributed by atoms with Crippen molar-refractivity contribution < 1.29 is 22.8 Å². The van der Waals surface area contributed by atoms with Gasteiger partial charge >= 0.3 is 5.97 Å². The van der Waals surface area contributed by atoms with Crippen LogP contribution in [0.4, 0.5) is 0 Å². The summed E-state index contributed by atoms with van der Waals surface area (Å²) < 4.78 is 30.5. The highest BCUT2D eigenvalue weighted by Gasteiger charge is 2.37. The topological polar surface area (TPSA) is 101 Å². The van der Waals surface area contributed by atoms with Gasteiger partial charge in [-0.05, 0) is 26.2 Å². The quantitative estimate of drug-likeness (QED) is 0.877. The first-order chi connectivity index (χ1) is 8.90. The van der Waals surface area contributed by atoms with Gasteiger partial charge in [-0.2, -0.15) is 4.31 Å². The highest BCUT2D eigenvalue weighted by molar-refractivity contribution is 7.88. The molecule has 1 unspecified atom stereocenters. The lowest BCUT2D eigenvalue weighted by molar-refractivity contribution is -0.142. The van der Waals surface area contributed by atoms with Crippen molar-refractivity contribution in [3.8, 4) is 0 Å². The number of sulfonamides is 1. The Balaban J connectivity index is 2.19. The molecule has 0 aliphatic carbocycles. The third-order valence-corrected chi connectivity index (χ3v) is 4.90. The Hall–Kier alpha value is -1.41. The maximum Gasteiger partial charge on any atom is 0.322 e. The van der Waals surface area contributed by atoms with Crippen molar-refractivity contribution in [3.05, 3.63) is 17.5 Å². The van der Waals surface area contributed by atoms with E-state index in [0.717, 1.165) is 10.7 Å². The van der Waals surface area contributed by atoms with Gasteiger partial charge in [0.05, 0.1) is 5.69 Å². The lowest BCUT2D eigenvalue weighted by atomic mass is 10.1. The van der Waals surface area contributed by atoms with E-state index in [1.807, 2.05) is 0 Å². The van der Waals surface area contributed by atoms with E-state index in [0.29, 0.717) is 18.5 Å². The number of hydrogen-bond acceptors (Lipinski definition) is 5. The van der Waals surface area contributed by atoms with Crippen molar-refractivity contribution in [1.82, 2.24) is 9.46 Å². The molecule has 1 aliphatic heterocycles. The van der Waals surface area contributed by atoms with Crippen LogP contribution in [0.2, 0.25) is 0 Å². The smallest absolute Gasteiger partial charge is 0.322 e. The summed E-state index contributed by atoms with van der Waals surface area (Å²) in [5.74, 6) is -1.22. The number of nitrogens with zero attached hydrogens (tertiary/aromatic N) is 2. The highest BCUT2D eigenvalue weighted by atomic mass is 32.2. The van der Waals surface area contributed by atoms with Gasteiger partial charge < -0.3 is 9.63 Å². The van der Waals surface area contributed by atoms with E-state index in [9.17, 15) is 13.2 Å². The molecule has 0 aromatic carbocycles. The fourth-order valence-electron chi connectivity index (χ4n) is 2.23. The number of aryl methyl sites for hydroxylation is 1. The first-order valence-corrected chi connectivity index (χ1v) is 7.65. The van der Waals surface area contributed by atoms with Crippen LogP contribution in [0, 0.1) is 6.92 Å². The molecule has 0 bridgehead atoms. The van der Waals surface area contributed by atoms with Gasteiger partial charge in [0.2, 0.25) is 10.0 Å². The lowest BCUT2D eigenvalue weighted by Crippen LogP contribution is -2.48.